The lowest BCUT2D eigenvalue weighted by atomic mass is 9.83. The van der Waals surface area contributed by atoms with Crippen molar-refractivity contribution in [3.05, 3.63) is 0 Å². The maximum Gasteiger partial charge on any atom is 0.408 e. The van der Waals surface area contributed by atoms with E-state index in [-0.39, 0.29) is 12.0 Å². The summed E-state index contributed by atoms with van der Waals surface area (Å²) in [5.41, 5.74) is 3.96. The summed E-state index contributed by atoms with van der Waals surface area (Å²) in [7, 11) is 1.29. The zero-order chi connectivity index (χ0) is 16.1. The lowest BCUT2D eigenvalue weighted by Crippen LogP contribution is -2.58. The van der Waals surface area contributed by atoms with E-state index in [1.165, 1.54) is 7.11 Å². The van der Waals surface area contributed by atoms with Crippen LogP contribution in [0, 0.1) is 5.92 Å². The van der Waals surface area contributed by atoms with Crippen LogP contribution in [-0.2, 0) is 14.3 Å². The van der Waals surface area contributed by atoms with E-state index in [0.717, 1.165) is 0 Å². The minimum atomic E-state index is -1.18. The van der Waals surface area contributed by atoms with Gasteiger partial charge in [-0.05, 0) is 47.0 Å². The molecule has 0 aliphatic rings. The predicted molar refractivity (Wildman–Crippen MR) is 77.2 cm³/mol. The number of hydrogen-bond acceptors (Lipinski definition) is 5. The molecule has 0 aliphatic heterocycles. The largest absolute Gasteiger partial charge is 0.467 e. The average Bonchev–Trinajstić information content (AvgIpc) is 2.23. The smallest absolute Gasteiger partial charge is 0.408 e. The molecule has 0 saturated carbocycles. The first-order valence-electron chi connectivity index (χ1n) is 6.77. The van der Waals surface area contributed by atoms with Crippen molar-refractivity contribution in [2.24, 2.45) is 11.7 Å². The van der Waals surface area contributed by atoms with E-state index in [1.807, 2.05) is 13.8 Å². The summed E-state index contributed by atoms with van der Waals surface area (Å²) in [5, 5.41) is 2.61. The van der Waals surface area contributed by atoms with Gasteiger partial charge in [0.15, 0.2) is 0 Å². The molecule has 3 atom stereocenters. The van der Waals surface area contributed by atoms with E-state index >= 15 is 0 Å². The van der Waals surface area contributed by atoms with Gasteiger partial charge in [-0.25, -0.2) is 9.59 Å². The Hall–Kier alpha value is -1.30. The average molecular weight is 288 g/mol. The Labute approximate surface area is 121 Å². The van der Waals surface area contributed by atoms with Gasteiger partial charge in [0.1, 0.15) is 11.1 Å². The Morgan fingerprint density at radius 1 is 1.20 bits per heavy atom. The summed E-state index contributed by atoms with van der Waals surface area (Å²) in [4.78, 5) is 23.9. The topological polar surface area (TPSA) is 90.6 Å². The highest BCUT2D eigenvalue weighted by molar-refractivity contribution is 5.85. The van der Waals surface area contributed by atoms with E-state index in [1.54, 1.807) is 27.7 Å². The van der Waals surface area contributed by atoms with Gasteiger partial charge in [-0.1, -0.05) is 6.92 Å². The summed E-state index contributed by atoms with van der Waals surface area (Å²) in [6.45, 7) is 10.6. The van der Waals surface area contributed by atoms with Gasteiger partial charge in [0.25, 0.3) is 0 Å². The fraction of sp³-hybridized carbons (Fsp3) is 0.857. The van der Waals surface area contributed by atoms with Gasteiger partial charge in [0.2, 0.25) is 0 Å². The van der Waals surface area contributed by atoms with Crippen LogP contribution in [0.3, 0.4) is 0 Å². The molecule has 3 unspecified atom stereocenters. The summed E-state index contributed by atoms with van der Waals surface area (Å²) in [6.07, 6.45) is -0.0802. The van der Waals surface area contributed by atoms with Crippen LogP contribution in [0.15, 0.2) is 0 Å². The molecule has 3 N–H and O–H groups in total. The number of carbonyl (C=O) groups is 2. The Kier molecular flexibility index (Phi) is 6.47. The predicted octanol–water partition coefficient (Wildman–Crippen LogP) is 1.82. The van der Waals surface area contributed by atoms with Crippen LogP contribution >= 0.6 is 0 Å². The van der Waals surface area contributed by atoms with Crippen LogP contribution in [0.4, 0.5) is 4.79 Å². The fourth-order valence-electron chi connectivity index (χ4n) is 1.90. The van der Waals surface area contributed by atoms with Crippen molar-refractivity contribution in [3.8, 4) is 0 Å². The molecule has 0 spiro atoms. The molecule has 0 fully saturated rings. The van der Waals surface area contributed by atoms with Crippen LogP contribution in [0.5, 0.6) is 0 Å². The Balaban J connectivity index is 5.06. The molecule has 6 heteroatoms. The molecule has 6 nitrogen and oxygen atoms in total. The van der Waals surface area contributed by atoms with Gasteiger partial charge in [0.05, 0.1) is 7.11 Å². The summed E-state index contributed by atoms with van der Waals surface area (Å²) < 4.78 is 9.99. The fourth-order valence-corrected chi connectivity index (χ4v) is 1.90. The molecule has 0 aromatic rings. The quantitative estimate of drug-likeness (QED) is 0.753. The van der Waals surface area contributed by atoms with Crippen molar-refractivity contribution in [1.29, 1.82) is 0 Å². The molecule has 0 aliphatic carbocycles. The van der Waals surface area contributed by atoms with Crippen LogP contribution in [0.2, 0.25) is 0 Å². The molecule has 0 bridgehead atoms. The lowest BCUT2D eigenvalue weighted by molar-refractivity contribution is -0.150. The molecule has 0 aromatic carbocycles. The van der Waals surface area contributed by atoms with Crippen molar-refractivity contribution in [1.82, 2.24) is 5.32 Å². The number of ether oxygens (including phenoxy) is 2. The highest BCUT2D eigenvalue weighted by Gasteiger charge is 2.42. The monoisotopic (exact) mass is 288 g/mol. The number of esters is 1. The van der Waals surface area contributed by atoms with Gasteiger partial charge in [-0.3, -0.25) is 0 Å². The Bertz CT molecular complexity index is 350. The normalized spacial score (nSPS) is 17.6. The van der Waals surface area contributed by atoms with Gasteiger partial charge < -0.3 is 20.5 Å². The standard InChI is InChI=1S/C14H28N2O4/c1-9(8-10(2)15)14(6,11(17)19-7)16-12(18)20-13(3,4)5/h9-10H,8,15H2,1-7H3,(H,16,18). The number of rotatable bonds is 5. The number of nitrogens with two attached hydrogens (primary N) is 1. The first kappa shape index (κ1) is 18.7. The van der Waals surface area contributed by atoms with Gasteiger partial charge >= 0.3 is 12.1 Å². The molecule has 1 amide bonds. The number of alkyl carbamates (subject to hydrolysis) is 1. The number of amides is 1. The first-order chi connectivity index (χ1) is 8.92. The van der Waals surface area contributed by atoms with Crippen molar-refractivity contribution in [2.45, 2.75) is 65.1 Å². The first-order valence-corrected chi connectivity index (χ1v) is 6.77. The zero-order valence-corrected chi connectivity index (χ0v) is 13.6. The molecular weight excluding hydrogens is 260 g/mol. The van der Waals surface area contributed by atoms with E-state index in [0.29, 0.717) is 6.42 Å². The van der Waals surface area contributed by atoms with Gasteiger partial charge in [-0.2, -0.15) is 0 Å². The molecule has 0 radical (unpaired) electrons. The highest BCUT2D eigenvalue weighted by atomic mass is 16.6. The second-order valence-electron chi connectivity index (χ2n) is 6.43. The summed E-state index contributed by atoms with van der Waals surface area (Å²) in [6, 6.07) is -0.0885. The van der Waals surface area contributed by atoms with Crippen LogP contribution in [0.25, 0.3) is 0 Å². The van der Waals surface area contributed by atoms with E-state index in [2.05, 4.69) is 5.32 Å². The van der Waals surface area contributed by atoms with Crippen LogP contribution in [0.1, 0.15) is 48.0 Å². The zero-order valence-electron chi connectivity index (χ0n) is 13.6. The van der Waals surface area contributed by atoms with Crippen molar-refractivity contribution < 1.29 is 19.1 Å². The van der Waals surface area contributed by atoms with Crippen LogP contribution < -0.4 is 11.1 Å². The SMILES string of the molecule is COC(=O)C(C)(NC(=O)OC(C)(C)C)C(C)CC(C)N. The van der Waals surface area contributed by atoms with E-state index in [4.69, 9.17) is 15.2 Å². The van der Waals surface area contributed by atoms with Crippen LogP contribution in [-0.4, -0.2) is 36.4 Å². The molecule has 0 rings (SSSR count). The number of nitrogens with one attached hydrogen (secondary N) is 1. The minimum absolute atomic E-state index is 0.0885. The van der Waals surface area contributed by atoms with Crippen molar-refractivity contribution in [2.75, 3.05) is 7.11 Å². The summed E-state index contributed by atoms with van der Waals surface area (Å²) >= 11 is 0. The number of hydrogen-bond donors (Lipinski definition) is 2. The maximum atomic E-state index is 12.0. The second-order valence-corrected chi connectivity index (χ2v) is 6.43. The lowest BCUT2D eigenvalue weighted by Gasteiger charge is -2.35. The number of methoxy groups -OCH3 is 1. The molecule has 20 heavy (non-hydrogen) atoms. The third-order valence-electron chi connectivity index (χ3n) is 3.08. The number of carbonyl (C=O) groups excluding carboxylic acids is 2. The van der Waals surface area contributed by atoms with Gasteiger partial charge in [0, 0.05) is 6.04 Å². The van der Waals surface area contributed by atoms with Gasteiger partial charge in [-0.15, -0.1) is 0 Å². The Morgan fingerprint density at radius 3 is 2.05 bits per heavy atom. The van der Waals surface area contributed by atoms with Crippen molar-refractivity contribution in [3.63, 3.8) is 0 Å². The van der Waals surface area contributed by atoms with E-state index in [9.17, 15) is 9.59 Å². The third kappa shape index (κ3) is 5.77. The van der Waals surface area contributed by atoms with Crippen molar-refractivity contribution >= 4 is 12.1 Å². The second kappa shape index (κ2) is 6.92. The Morgan fingerprint density at radius 2 is 1.70 bits per heavy atom. The van der Waals surface area contributed by atoms with E-state index < -0.39 is 23.2 Å². The molecule has 0 aromatic heterocycles. The molecule has 118 valence electrons. The minimum Gasteiger partial charge on any atom is -0.467 e. The maximum absolute atomic E-state index is 12.0. The molecule has 0 saturated heterocycles. The highest BCUT2D eigenvalue weighted by Crippen LogP contribution is 2.24. The molecular formula is C14H28N2O4. The summed E-state index contributed by atoms with van der Waals surface area (Å²) in [5.74, 6) is -0.709. The molecule has 0 heterocycles. The third-order valence-corrected chi connectivity index (χ3v) is 3.08.